The Hall–Kier alpha value is -1.76. The van der Waals surface area contributed by atoms with Crippen LogP contribution in [0.15, 0.2) is 6.20 Å². The first-order chi connectivity index (χ1) is 6.33. The molecule has 0 saturated heterocycles. The predicted octanol–water partition coefficient (Wildman–Crippen LogP) is 0.894. The molecule has 0 bridgehead atoms. The van der Waals surface area contributed by atoms with Crippen LogP contribution in [0.2, 0.25) is 0 Å². The minimum atomic E-state index is 0.315. The molecule has 0 radical (unpaired) electrons. The fourth-order valence-corrected chi connectivity index (χ4v) is 1.56. The van der Waals surface area contributed by atoms with Gasteiger partial charge in [0.2, 0.25) is 0 Å². The summed E-state index contributed by atoms with van der Waals surface area (Å²) in [5, 5.41) is 12.0. The molecule has 3 N–H and O–H groups in total. The average Bonchev–Trinajstić information content (AvgIpc) is 2.18. The molecule has 13 heavy (non-hydrogen) atoms. The van der Waals surface area contributed by atoms with Gasteiger partial charge in [-0.3, -0.25) is 0 Å². The average molecular weight is 174 g/mol. The van der Waals surface area contributed by atoms with Gasteiger partial charge < -0.3 is 11.1 Å². The van der Waals surface area contributed by atoms with Crippen LogP contribution in [0.5, 0.6) is 0 Å². The molecule has 0 saturated carbocycles. The molecule has 1 aromatic rings. The van der Waals surface area contributed by atoms with Crippen LogP contribution in [0.3, 0.4) is 0 Å². The van der Waals surface area contributed by atoms with E-state index in [0.29, 0.717) is 11.4 Å². The van der Waals surface area contributed by atoms with Gasteiger partial charge in [-0.1, -0.05) is 0 Å². The van der Waals surface area contributed by atoms with E-state index in [1.807, 2.05) is 0 Å². The van der Waals surface area contributed by atoms with Gasteiger partial charge in [-0.15, -0.1) is 0 Å². The Labute approximate surface area is 76.4 Å². The summed E-state index contributed by atoms with van der Waals surface area (Å²) >= 11 is 0. The van der Waals surface area contributed by atoms with Crippen molar-refractivity contribution >= 4 is 11.5 Å². The van der Waals surface area contributed by atoms with E-state index in [1.54, 1.807) is 6.20 Å². The molecule has 0 fully saturated rings. The Balaban J connectivity index is 2.60. The van der Waals surface area contributed by atoms with Gasteiger partial charge >= 0.3 is 0 Å². The van der Waals surface area contributed by atoms with Gasteiger partial charge in [0.15, 0.2) is 0 Å². The zero-order valence-corrected chi connectivity index (χ0v) is 7.17. The lowest BCUT2D eigenvalue weighted by Crippen LogP contribution is -2.14. The van der Waals surface area contributed by atoms with Gasteiger partial charge in [-0.25, -0.2) is 4.98 Å². The van der Waals surface area contributed by atoms with Crippen molar-refractivity contribution in [2.45, 2.75) is 12.8 Å². The third-order valence-corrected chi connectivity index (χ3v) is 2.22. The number of nitrogens with one attached hydrogen (secondary N) is 1. The molecule has 4 nitrogen and oxygen atoms in total. The number of hydrogen-bond donors (Lipinski definition) is 2. The van der Waals surface area contributed by atoms with Crippen LogP contribution >= 0.6 is 0 Å². The van der Waals surface area contributed by atoms with Crippen LogP contribution in [-0.4, -0.2) is 11.5 Å². The first-order valence-corrected chi connectivity index (χ1v) is 4.24. The van der Waals surface area contributed by atoms with Crippen LogP contribution < -0.4 is 11.1 Å². The molecule has 0 spiro atoms. The van der Waals surface area contributed by atoms with Crippen molar-refractivity contribution in [1.82, 2.24) is 4.98 Å². The molecular weight excluding hydrogens is 164 g/mol. The normalized spacial score (nSPS) is 14.1. The van der Waals surface area contributed by atoms with E-state index in [4.69, 9.17) is 11.0 Å². The number of aromatic nitrogens is 1. The number of anilines is 2. The predicted molar refractivity (Wildman–Crippen MR) is 50.2 cm³/mol. The first kappa shape index (κ1) is 7.87. The van der Waals surface area contributed by atoms with Crippen molar-refractivity contribution in [3.63, 3.8) is 0 Å². The Morgan fingerprint density at radius 1 is 1.62 bits per heavy atom. The van der Waals surface area contributed by atoms with Crippen molar-refractivity contribution in [3.8, 4) is 6.07 Å². The van der Waals surface area contributed by atoms with Gasteiger partial charge in [-0.05, 0) is 18.4 Å². The number of nitrogen functional groups attached to an aromatic ring is 1. The fourth-order valence-electron chi connectivity index (χ4n) is 1.56. The summed E-state index contributed by atoms with van der Waals surface area (Å²) in [5.74, 6) is 0.315. The number of nitrogens with zero attached hydrogens (tertiary/aromatic N) is 2. The lowest BCUT2D eigenvalue weighted by molar-refractivity contribution is 0.824. The lowest BCUT2D eigenvalue weighted by Gasteiger charge is -2.18. The van der Waals surface area contributed by atoms with E-state index in [9.17, 15) is 0 Å². The molecule has 4 heteroatoms. The second-order valence-corrected chi connectivity index (χ2v) is 3.06. The quantitative estimate of drug-likeness (QED) is 0.612. The highest BCUT2D eigenvalue weighted by Crippen LogP contribution is 2.27. The van der Waals surface area contributed by atoms with Crippen molar-refractivity contribution in [1.29, 1.82) is 5.26 Å². The maximum Gasteiger partial charge on any atom is 0.143 e. The number of aryl methyl sites for hydroxylation is 1. The highest BCUT2D eigenvalue weighted by atomic mass is 14.9. The van der Waals surface area contributed by atoms with Crippen LogP contribution in [0.4, 0.5) is 11.5 Å². The molecule has 0 amide bonds. The first-order valence-electron chi connectivity index (χ1n) is 4.24. The van der Waals surface area contributed by atoms with Gasteiger partial charge in [0, 0.05) is 12.7 Å². The molecule has 1 aromatic heterocycles. The van der Waals surface area contributed by atoms with E-state index in [1.165, 1.54) is 0 Å². The van der Waals surface area contributed by atoms with Crippen molar-refractivity contribution in [2.75, 3.05) is 17.6 Å². The highest BCUT2D eigenvalue weighted by molar-refractivity contribution is 5.70. The lowest BCUT2D eigenvalue weighted by atomic mass is 10.0. The number of nitriles is 1. The third-order valence-electron chi connectivity index (χ3n) is 2.22. The summed E-state index contributed by atoms with van der Waals surface area (Å²) in [6.07, 6.45) is 3.81. The maximum atomic E-state index is 8.86. The summed E-state index contributed by atoms with van der Waals surface area (Å²) in [6, 6.07) is 2.07. The van der Waals surface area contributed by atoms with E-state index >= 15 is 0 Å². The fraction of sp³-hybridized carbons (Fsp3) is 0.333. The van der Waals surface area contributed by atoms with E-state index in [-0.39, 0.29) is 0 Å². The Kier molecular flexibility index (Phi) is 1.78. The standard InChI is InChI=1S/C9H10N4/c10-4-7-8-6(2-1-3-12-8)5-13-9(7)11/h5,12H,1-3H2,(H2,11,13). The Bertz CT molecular complexity index is 378. The molecule has 0 atom stereocenters. The van der Waals surface area contributed by atoms with Crippen LogP contribution in [0.25, 0.3) is 0 Å². The van der Waals surface area contributed by atoms with E-state index < -0.39 is 0 Å². The third kappa shape index (κ3) is 1.18. The summed E-state index contributed by atoms with van der Waals surface area (Å²) < 4.78 is 0. The summed E-state index contributed by atoms with van der Waals surface area (Å²) in [5.41, 5.74) is 8.04. The summed E-state index contributed by atoms with van der Waals surface area (Å²) in [7, 11) is 0. The van der Waals surface area contributed by atoms with Gasteiger partial charge in [0.05, 0.1) is 5.69 Å². The zero-order chi connectivity index (χ0) is 9.26. The van der Waals surface area contributed by atoms with Crippen molar-refractivity contribution in [2.24, 2.45) is 0 Å². The second kappa shape index (κ2) is 2.94. The van der Waals surface area contributed by atoms with E-state index in [2.05, 4.69) is 16.4 Å². The number of nitrogens with two attached hydrogens (primary N) is 1. The number of fused-ring (bicyclic) bond motifs is 1. The Morgan fingerprint density at radius 2 is 2.46 bits per heavy atom. The molecule has 66 valence electrons. The molecule has 0 aliphatic carbocycles. The van der Waals surface area contributed by atoms with Crippen molar-refractivity contribution in [3.05, 3.63) is 17.3 Å². The molecule has 2 heterocycles. The largest absolute Gasteiger partial charge is 0.384 e. The molecule has 0 aromatic carbocycles. The van der Waals surface area contributed by atoms with Gasteiger partial charge in [-0.2, -0.15) is 5.26 Å². The monoisotopic (exact) mass is 174 g/mol. The van der Waals surface area contributed by atoms with Crippen LogP contribution in [0, 0.1) is 11.3 Å². The zero-order valence-electron chi connectivity index (χ0n) is 7.17. The highest BCUT2D eigenvalue weighted by Gasteiger charge is 2.15. The number of pyridine rings is 1. The maximum absolute atomic E-state index is 8.86. The second-order valence-electron chi connectivity index (χ2n) is 3.06. The molecular formula is C9H10N4. The van der Waals surface area contributed by atoms with Gasteiger partial charge in [0.25, 0.3) is 0 Å². The number of hydrogen-bond acceptors (Lipinski definition) is 4. The SMILES string of the molecule is N#Cc1c(N)ncc2c1NCCC2. The molecule has 0 unspecified atom stereocenters. The minimum Gasteiger partial charge on any atom is -0.384 e. The van der Waals surface area contributed by atoms with Crippen LogP contribution in [-0.2, 0) is 6.42 Å². The summed E-state index contributed by atoms with van der Waals surface area (Å²) in [4.78, 5) is 3.98. The Morgan fingerprint density at radius 3 is 3.23 bits per heavy atom. The smallest absolute Gasteiger partial charge is 0.143 e. The molecule has 1 aliphatic heterocycles. The molecule has 1 aliphatic rings. The van der Waals surface area contributed by atoms with Crippen molar-refractivity contribution < 1.29 is 0 Å². The number of rotatable bonds is 0. The van der Waals surface area contributed by atoms with Crippen LogP contribution in [0.1, 0.15) is 17.5 Å². The van der Waals surface area contributed by atoms with E-state index in [0.717, 1.165) is 30.6 Å². The molecule has 2 rings (SSSR count). The minimum absolute atomic E-state index is 0.315. The topological polar surface area (TPSA) is 74.7 Å². The summed E-state index contributed by atoms with van der Waals surface area (Å²) in [6.45, 7) is 0.908. The van der Waals surface area contributed by atoms with Gasteiger partial charge in [0.1, 0.15) is 17.5 Å².